The molecule has 0 heterocycles. The first-order valence-electron chi connectivity index (χ1n) is 18.5. The number of Topliss-reactive ketones (excluding diaryl/α,β-unsaturated/α-hetero) is 3. The van der Waals surface area contributed by atoms with Crippen molar-refractivity contribution in [2.24, 2.45) is 41.2 Å². The van der Waals surface area contributed by atoms with Crippen molar-refractivity contribution in [3.8, 4) is 0 Å². The van der Waals surface area contributed by atoms with Crippen molar-refractivity contribution in [3.05, 3.63) is 0 Å². The highest BCUT2D eigenvalue weighted by molar-refractivity contribution is 5.96. The third-order valence-corrected chi connectivity index (χ3v) is 9.09. The van der Waals surface area contributed by atoms with Crippen LogP contribution in [0.25, 0.3) is 0 Å². The number of amides is 3. The maximum Gasteiger partial charge on any atom is 0.224 e. The number of hydrogen-bond acceptors (Lipinski definition) is 6. The van der Waals surface area contributed by atoms with Crippen molar-refractivity contribution in [3.63, 3.8) is 0 Å². The van der Waals surface area contributed by atoms with E-state index in [1.165, 1.54) is 51.4 Å². The van der Waals surface area contributed by atoms with Crippen LogP contribution in [0.5, 0.6) is 0 Å². The lowest BCUT2D eigenvalue weighted by Crippen LogP contribution is -2.50. The topological polar surface area (TPSA) is 152 Å². The standard InChI is InChI=1S/C38H69N3O6/c1-10-11-12-13-14-15-16-17-18-19-20-21-30(42)22-29(36(39)45)23-32(43)34(26(4)5)41-38(47)31(25(2)3)24-33(44)35(27(6)7)40-37(46)28(8)9/h25-29,31,34-35H,10-24H2,1-9H3,(H2,39,45)(H,40,46)(H,41,47)/t29?,31-,34+,35+/m0/s1. The van der Waals surface area contributed by atoms with Crippen LogP contribution in [0.2, 0.25) is 0 Å². The van der Waals surface area contributed by atoms with Gasteiger partial charge in [0.1, 0.15) is 5.78 Å². The van der Waals surface area contributed by atoms with Gasteiger partial charge in [-0.2, -0.15) is 0 Å². The van der Waals surface area contributed by atoms with Gasteiger partial charge < -0.3 is 16.4 Å². The summed E-state index contributed by atoms with van der Waals surface area (Å²) in [5, 5.41) is 5.65. The second-order valence-corrected chi connectivity index (χ2v) is 14.9. The summed E-state index contributed by atoms with van der Waals surface area (Å²) in [5.74, 6) is -4.61. The molecule has 0 radical (unpaired) electrons. The number of nitrogens with one attached hydrogen (secondary N) is 2. The van der Waals surface area contributed by atoms with Gasteiger partial charge in [-0.15, -0.1) is 0 Å². The third-order valence-electron chi connectivity index (χ3n) is 9.09. The van der Waals surface area contributed by atoms with E-state index in [0.29, 0.717) is 6.42 Å². The summed E-state index contributed by atoms with van der Waals surface area (Å²) in [6, 6.07) is -1.62. The van der Waals surface area contributed by atoms with Crippen LogP contribution in [-0.4, -0.2) is 47.2 Å². The Balaban J connectivity index is 5.11. The van der Waals surface area contributed by atoms with Gasteiger partial charge in [-0.1, -0.05) is 127 Å². The summed E-state index contributed by atoms with van der Waals surface area (Å²) in [4.78, 5) is 77.5. The molecule has 0 bridgehead atoms. The highest BCUT2D eigenvalue weighted by atomic mass is 16.2. The van der Waals surface area contributed by atoms with Gasteiger partial charge in [0.05, 0.1) is 18.0 Å². The van der Waals surface area contributed by atoms with E-state index in [1.807, 2.05) is 27.7 Å². The second-order valence-electron chi connectivity index (χ2n) is 14.9. The fourth-order valence-electron chi connectivity index (χ4n) is 5.80. The van der Waals surface area contributed by atoms with E-state index in [-0.39, 0.29) is 66.2 Å². The van der Waals surface area contributed by atoms with E-state index in [2.05, 4.69) is 17.6 Å². The summed E-state index contributed by atoms with van der Waals surface area (Å²) in [6.45, 7) is 16.7. The lowest BCUT2D eigenvalue weighted by Gasteiger charge is -2.28. The van der Waals surface area contributed by atoms with Crippen molar-refractivity contribution in [2.75, 3.05) is 0 Å². The zero-order valence-electron chi connectivity index (χ0n) is 31.3. The van der Waals surface area contributed by atoms with E-state index in [9.17, 15) is 28.8 Å². The Morgan fingerprint density at radius 3 is 1.36 bits per heavy atom. The second kappa shape index (κ2) is 24.5. The molecule has 0 saturated heterocycles. The molecule has 0 spiro atoms. The van der Waals surface area contributed by atoms with E-state index < -0.39 is 35.7 Å². The number of rotatable bonds is 28. The molecule has 0 aromatic carbocycles. The maximum atomic E-state index is 13.5. The zero-order valence-corrected chi connectivity index (χ0v) is 31.3. The Morgan fingerprint density at radius 2 is 0.957 bits per heavy atom. The maximum absolute atomic E-state index is 13.5. The van der Waals surface area contributed by atoms with Gasteiger partial charge in [0.2, 0.25) is 17.7 Å². The molecule has 4 N–H and O–H groups in total. The van der Waals surface area contributed by atoms with Crippen LogP contribution in [0.15, 0.2) is 0 Å². The van der Waals surface area contributed by atoms with E-state index in [4.69, 9.17) is 5.73 Å². The van der Waals surface area contributed by atoms with Gasteiger partial charge in [0.25, 0.3) is 0 Å². The monoisotopic (exact) mass is 664 g/mol. The largest absolute Gasteiger partial charge is 0.369 e. The van der Waals surface area contributed by atoms with Crippen LogP contribution in [0.3, 0.4) is 0 Å². The summed E-state index contributed by atoms with van der Waals surface area (Å²) in [5.41, 5.74) is 5.62. The first-order chi connectivity index (χ1) is 22.0. The number of primary amides is 1. The molecule has 0 aliphatic heterocycles. The van der Waals surface area contributed by atoms with Crippen LogP contribution < -0.4 is 16.4 Å². The minimum absolute atomic E-state index is 0.0784. The Morgan fingerprint density at radius 1 is 0.532 bits per heavy atom. The number of carbonyl (C=O) groups excluding carboxylic acids is 6. The normalized spacial score (nSPS) is 14.2. The number of nitrogens with two attached hydrogens (primary N) is 1. The van der Waals surface area contributed by atoms with Gasteiger partial charge in [-0.05, 0) is 24.2 Å². The molecule has 9 heteroatoms. The Kier molecular flexibility index (Phi) is 23.2. The molecule has 4 atom stereocenters. The molecule has 0 aromatic rings. The van der Waals surface area contributed by atoms with Gasteiger partial charge in [0.15, 0.2) is 11.6 Å². The summed E-state index contributed by atoms with van der Waals surface area (Å²) < 4.78 is 0. The molecule has 47 heavy (non-hydrogen) atoms. The molecule has 0 aromatic heterocycles. The zero-order chi connectivity index (χ0) is 36.1. The van der Waals surface area contributed by atoms with Crippen molar-refractivity contribution < 1.29 is 28.8 Å². The first-order valence-corrected chi connectivity index (χ1v) is 18.5. The molecule has 3 amide bonds. The van der Waals surface area contributed by atoms with E-state index in [1.54, 1.807) is 27.7 Å². The van der Waals surface area contributed by atoms with E-state index >= 15 is 0 Å². The van der Waals surface area contributed by atoms with Crippen LogP contribution >= 0.6 is 0 Å². The van der Waals surface area contributed by atoms with E-state index in [0.717, 1.165) is 19.3 Å². The Bertz CT molecular complexity index is 974. The van der Waals surface area contributed by atoms with Gasteiger partial charge in [0, 0.05) is 37.5 Å². The number of unbranched alkanes of at least 4 members (excludes halogenated alkanes) is 10. The van der Waals surface area contributed by atoms with Crippen molar-refractivity contribution in [2.45, 2.75) is 171 Å². The lowest BCUT2D eigenvalue weighted by molar-refractivity contribution is -0.136. The minimum atomic E-state index is -0.931. The molecular weight excluding hydrogens is 594 g/mol. The molecule has 0 aliphatic carbocycles. The molecule has 0 saturated carbocycles. The van der Waals surface area contributed by atoms with Crippen LogP contribution in [0.4, 0.5) is 0 Å². The fraction of sp³-hybridized carbons (Fsp3) is 0.842. The molecule has 0 aliphatic rings. The van der Waals surface area contributed by atoms with Crippen LogP contribution in [-0.2, 0) is 28.8 Å². The molecule has 272 valence electrons. The lowest BCUT2D eigenvalue weighted by atomic mass is 9.84. The van der Waals surface area contributed by atoms with Crippen LogP contribution in [0.1, 0.15) is 159 Å². The van der Waals surface area contributed by atoms with Gasteiger partial charge in [-0.3, -0.25) is 28.8 Å². The SMILES string of the molecule is CCCCCCCCCCCCCC(=O)CC(CC(=O)[C@H](NC(=O)[C@@H](CC(=O)[C@H](NC(=O)C(C)C)C(C)C)C(C)C)C(C)C)C(N)=O. The molecule has 0 fully saturated rings. The van der Waals surface area contributed by atoms with Crippen molar-refractivity contribution >= 4 is 35.1 Å². The average Bonchev–Trinajstić information content (AvgIpc) is 2.98. The Hall–Kier alpha value is -2.58. The number of ketones is 3. The molecule has 1 unspecified atom stereocenters. The average molecular weight is 664 g/mol. The quantitative estimate of drug-likeness (QED) is 0.0777. The third kappa shape index (κ3) is 19.1. The van der Waals surface area contributed by atoms with Gasteiger partial charge in [-0.25, -0.2) is 0 Å². The highest BCUT2D eigenvalue weighted by Gasteiger charge is 2.35. The van der Waals surface area contributed by atoms with Crippen LogP contribution in [0, 0.1) is 35.5 Å². The molecular formula is C38H69N3O6. The molecule has 0 rings (SSSR count). The van der Waals surface area contributed by atoms with Crippen molar-refractivity contribution in [1.82, 2.24) is 10.6 Å². The molecule has 9 nitrogen and oxygen atoms in total. The predicted octanol–water partition coefficient (Wildman–Crippen LogP) is 6.88. The number of carbonyl (C=O) groups is 6. The highest BCUT2D eigenvalue weighted by Crippen LogP contribution is 2.22. The minimum Gasteiger partial charge on any atom is -0.369 e. The number of hydrogen-bond donors (Lipinski definition) is 3. The van der Waals surface area contributed by atoms with Gasteiger partial charge >= 0.3 is 0 Å². The first kappa shape index (κ1) is 44.4. The summed E-state index contributed by atoms with van der Waals surface area (Å²) >= 11 is 0. The summed E-state index contributed by atoms with van der Waals surface area (Å²) in [7, 11) is 0. The Labute approximate surface area is 286 Å². The smallest absolute Gasteiger partial charge is 0.224 e. The predicted molar refractivity (Wildman–Crippen MR) is 189 cm³/mol. The van der Waals surface area contributed by atoms with Crippen molar-refractivity contribution in [1.29, 1.82) is 0 Å². The fourth-order valence-corrected chi connectivity index (χ4v) is 5.80. The summed E-state index contributed by atoms with van der Waals surface area (Å²) in [6.07, 6.45) is 12.9.